The number of aliphatic hydroxyl groups excluding tert-OH is 1. The fraction of sp³-hybridized carbons (Fsp3) is 0.886. The maximum absolute atomic E-state index is 11.1. The van der Waals surface area contributed by atoms with E-state index in [9.17, 15) is 5.11 Å². The summed E-state index contributed by atoms with van der Waals surface area (Å²) in [6.45, 7) is 25.3. The molecule has 0 aliphatic heterocycles. The fourth-order valence-corrected chi connectivity index (χ4v) is 10.3. The molecule has 1 N–H and O–H groups in total. The highest BCUT2D eigenvalue weighted by molar-refractivity contribution is 6.74. The van der Waals surface area contributed by atoms with Crippen molar-refractivity contribution in [2.45, 2.75) is 131 Å². The van der Waals surface area contributed by atoms with Crippen LogP contribution in [0.5, 0.6) is 0 Å². The molecule has 3 aliphatic rings. The Morgan fingerprint density at radius 1 is 0.975 bits per heavy atom. The van der Waals surface area contributed by atoms with Gasteiger partial charge in [-0.1, -0.05) is 74.7 Å². The van der Waals surface area contributed by atoms with Gasteiger partial charge in [-0.25, -0.2) is 0 Å². The topological polar surface area (TPSA) is 55.2 Å². The number of hydrogen-bond donors (Lipinski definition) is 1. The third-order valence-corrected chi connectivity index (χ3v) is 17.4. The summed E-state index contributed by atoms with van der Waals surface area (Å²) in [5, 5.41) is 11.3. The van der Waals surface area contributed by atoms with Crippen LogP contribution in [0.3, 0.4) is 0 Å². The van der Waals surface area contributed by atoms with Crippen LogP contribution in [-0.2, 0) is 17.3 Å². The normalized spacial score (nSPS) is 35.5. The molecule has 1 unspecified atom stereocenters. The Bertz CT molecular complexity index is 990. The van der Waals surface area contributed by atoms with Crippen molar-refractivity contribution < 1.29 is 9.53 Å². The molecular weight excluding hydrogens is 508 g/mol. The van der Waals surface area contributed by atoms with Gasteiger partial charge in [0.2, 0.25) is 0 Å². The van der Waals surface area contributed by atoms with E-state index < -0.39 is 8.32 Å². The summed E-state index contributed by atoms with van der Waals surface area (Å²) in [5.41, 5.74) is 2.76. The predicted octanol–water partition coefficient (Wildman–Crippen LogP) is 8.73. The smallest absolute Gasteiger partial charge is 0.191 e. The van der Waals surface area contributed by atoms with Gasteiger partial charge in [0, 0.05) is 25.6 Å². The van der Waals surface area contributed by atoms with Crippen molar-refractivity contribution in [2.24, 2.45) is 52.3 Å². The van der Waals surface area contributed by atoms with Gasteiger partial charge in [0.1, 0.15) is 0 Å². The van der Waals surface area contributed by atoms with E-state index in [4.69, 9.17) is 14.4 Å². The number of hydrogen-bond acceptors (Lipinski definition) is 4. The highest BCUT2D eigenvalue weighted by Gasteiger charge is 2.59. The first kappa shape index (κ1) is 32.1. The van der Waals surface area contributed by atoms with E-state index in [2.05, 4.69) is 68.5 Å². The first-order valence-electron chi connectivity index (χ1n) is 16.7. The van der Waals surface area contributed by atoms with Crippen molar-refractivity contribution in [3.63, 3.8) is 0 Å². The van der Waals surface area contributed by atoms with Crippen LogP contribution in [0.1, 0.15) is 112 Å². The molecule has 2 fully saturated rings. The summed E-state index contributed by atoms with van der Waals surface area (Å²) in [5.74, 6) is 4.26. The van der Waals surface area contributed by atoms with Crippen LogP contribution in [0, 0.1) is 52.3 Å². The molecule has 4 nitrogen and oxygen atoms in total. The summed E-state index contributed by atoms with van der Waals surface area (Å²) in [6, 6.07) is 0. The van der Waals surface area contributed by atoms with E-state index in [1.54, 1.807) is 0 Å². The second-order valence-electron chi connectivity index (χ2n) is 16.7. The molecule has 4 rings (SSSR count). The van der Waals surface area contributed by atoms with Crippen LogP contribution in [0.25, 0.3) is 0 Å². The van der Waals surface area contributed by atoms with Crippen molar-refractivity contribution >= 4 is 8.32 Å². The van der Waals surface area contributed by atoms with Crippen LogP contribution < -0.4 is 0 Å². The van der Waals surface area contributed by atoms with Crippen LogP contribution in [0.15, 0.2) is 12.4 Å². The average molecular weight is 571 g/mol. The standard InChI is InChI=1S/C35H62N2O2Si/c1-24(2)12-11-13-25(3)28-14-15-29-27(22-38)30(16-17-34(28,29)7)35(8)21-32-31(36-18-19-37-32)20-26(35)23-39-40(9,10)33(4,5)6/h18-19,24-30,38H,11-17,20-23H2,1-10H3/t25?,26-,27+,28-,29+,30+,34-,35+/m1/s1. The zero-order valence-electron chi connectivity index (χ0n) is 27.7. The molecule has 0 radical (unpaired) electrons. The molecule has 0 aromatic carbocycles. The molecule has 5 heteroatoms. The second-order valence-corrected chi connectivity index (χ2v) is 21.5. The van der Waals surface area contributed by atoms with Gasteiger partial charge in [-0.2, -0.15) is 0 Å². The van der Waals surface area contributed by atoms with E-state index in [1.165, 1.54) is 56.3 Å². The molecule has 2 saturated carbocycles. The molecule has 8 atom stereocenters. The van der Waals surface area contributed by atoms with Gasteiger partial charge in [0.25, 0.3) is 0 Å². The number of nitrogens with zero attached hydrogens (tertiary/aromatic N) is 2. The van der Waals surface area contributed by atoms with Crippen molar-refractivity contribution in [2.75, 3.05) is 13.2 Å². The number of aliphatic hydroxyl groups is 1. The van der Waals surface area contributed by atoms with Crippen LogP contribution in [0.2, 0.25) is 18.1 Å². The van der Waals surface area contributed by atoms with Crippen molar-refractivity contribution in [1.29, 1.82) is 0 Å². The predicted molar refractivity (Wildman–Crippen MR) is 170 cm³/mol. The van der Waals surface area contributed by atoms with E-state index >= 15 is 0 Å². The van der Waals surface area contributed by atoms with Gasteiger partial charge >= 0.3 is 0 Å². The first-order chi connectivity index (χ1) is 18.6. The zero-order valence-corrected chi connectivity index (χ0v) is 28.7. The van der Waals surface area contributed by atoms with Crippen molar-refractivity contribution in [3.8, 4) is 0 Å². The molecule has 40 heavy (non-hydrogen) atoms. The second kappa shape index (κ2) is 12.1. The summed E-state index contributed by atoms with van der Waals surface area (Å²) < 4.78 is 6.94. The van der Waals surface area contributed by atoms with E-state index in [0.717, 1.165) is 37.2 Å². The third kappa shape index (κ3) is 6.13. The Morgan fingerprint density at radius 3 is 2.25 bits per heavy atom. The lowest BCUT2D eigenvalue weighted by Gasteiger charge is -2.57. The third-order valence-electron chi connectivity index (χ3n) is 12.9. The Hall–Kier alpha value is -0.783. The summed E-state index contributed by atoms with van der Waals surface area (Å²) >= 11 is 0. The van der Waals surface area contributed by atoms with E-state index in [0.29, 0.717) is 35.7 Å². The highest BCUT2D eigenvalue weighted by Crippen LogP contribution is 2.65. The van der Waals surface area contributed by atoms with E-state index in [1.807, 2.05) is 12.4 Å². The van der Waals surface area contributed by atoms with Gasteiger partial charge in [0.05, 0.1) is 11.4 Å². The number of aromatic nitrogens is 2. The maximum Gasteiger partial charge on any atom is 0.191 e. The minimum atomic E-state index is -1.88. The zero-order chi connectivity index (χ0) is 29.5. The minimum Gasteiger partial charge on any atom is -0.417 e. The molecule has 0 bridgehead atoms. The van der Waals surface area contributed by atoms with Gasteiger partial charge in [0.15, 0.2) is 8.32 Å². The first-order valence-corrected chi connectivity index (χ1v) is 19.6. The number of rotatable bonds is 10. The lowest BCUT2D eigenvalue weighted by Crippen LogP contribution is -2.54. The maximum atomic E-state index is 11.1. The summed E-state index contributed by atoms with van der Waals surface area (Å²) in [6.07, 6.45) is 14.8. The molecular formula is C35H62N2O2Si. The largest absolute Gasteiger partial charge is 0.417 e. The van der Waals surface area contributed by atoms with Crippen molar-refractivity contribution in [3.05, 3.63) is 23.8 Å². The van der Waals surface area contributed by atoms with Gasteiger partial charge < -0.3 is 9.53 Å². The Labute approximate surface area is 248 Å². The molecule has 1 heterocycles. The van der Waals surface area contributed by atoms with Gasteiger partial charge in [-0.05, 0) is 109 Å². The van der Waals surface area contributed by atoms with Gasteiger partial charge in [-0.3, -0.25) is 9.97 Å². The summed E-state index contributed by atoms with van der Waals surface area (Å²) in [4.78, 5) is 9.63. The monoisotopic (exact) mass is 570 g/mol. The van der Waals surface area contributed by atoms with Crippen LogP contribution >= 0.6 is 0 Å². The molecule has 1 aromatic rings. The Kier molecular flexibility index (Phi) is 9.70. The summed E-state index contributed by atoms with van der Waals surface area (Å²) in [7, 11) is -1.88. The van der Waals surface area contributed by atoms with Crippen LogP contribution in [-0.4, -0.2) is 36.6 Å². The fourth-order valence-electron chi connectivity index (χ4n) is 9.28. The van der Waals surface area contributed by atoms with E-state index in [-0.39, 0.29) is 10.5 Å². The minimum absolute atomic E-state index is 0.0566. The molecule has 0 saturated heterocycles. The lowest BCUT2D eigenvalue weighted by atomic mass is 9.48. The number of fused-ring (bicyclic) bond motifs is 2. The quantitative estimate of drug-likeness (QED) is 0.286. The molecule has 228 valence electrons. The Morgan fingerprint density at radius 2 is 1.62 bits per heavy atom. The van der Waals surface area contributed by atoms with Crippen molar-refractivity contribution in [1.82, 2.24) is 9.97 Å². The SMILES string of the molecule is CC(C)CCCC(C)[C@H]1CC[C@H]2[C@H](CO)[C@@H]([C@@]3(C)Cc4nccnc4C[C@@H]3CO[Si](C)(C)C(C)(C)C)CC[C@]12C. The van der Waals surface area contributed by atoms with Crippen LogP contribution in [0.4, 0.5) is 0 Å². The lowest BCUT2D eigenvalue weighted by molar-refractivity contribution is -0.0937. The molecule has 0 spiro atoms. The van der Waals surface area contributed by atoms with Gasteiger partial charge in [-0.15, -0.1) is 0 Å². The average Bonchev–Trinajstić information content (AvgIpc) is 3.23. The molecule has 1 aromatic heterocycles. The molecule has 0 amide bonds. The Balaban J connectivity index is 1.59. The molecule has 3 aliphatic carbocycles. The highest BCUT2D eigenvalue weighted by atomic mass is 28.4.